The van der Waals surface area contributed by atoms with Crippen LogP contribution in [0, 0.1) is 0 Å². The average Bonchev–Trinajstić information content (AvgIpc) is 2.93. The summed E-state index contributed by atoms with van der Waals surface area (Å²) in [5.74, 6) is 0. The molecule has 0 unspecified atom stereocenters. The minimum atomic E-state index is -0.0330. The summed E-state index contributed by atoms with van der Waals surface area (Å²) in [4.78, 5) is 17.5. The first kappa shape index (κ1) is 12.5. The number of nitrogens with zero attached hydrogens (tertiary/aromatic N) is 2. The molecule has 5 heteroatoms. The molecule has 0 atom stereocenters. The van der Waals surface area contributed by atoms with Gasteiger partial charge in [0.05, 0.1) is 0 Å². The van der Waals surface area contributed by atoms with Crippen LogP contribution in [0.4, 0.5) is 16.2 Å². The van der Waals surface area contributed by atoms with Crippen LogP contribution in [0.25, 0.3) is 0 Å². The summed E-state index contributed by atoms with van der Waals surface area (Å²) in [6.07, 6.45) is 3.60. The van der Waals surface area contributed by atoms with Crippen molar-refractivity contribution in [3.05, 3.63) is 54.4 Å². The zero-order valence-corrected chi connectivity index (χ0v) is 11.0. The van der Waals surface area contributed by atoms with Crippen molar-refractivity contribution >= 4 is 17.4 Å². The Balaban J connectivity index is 1.70. The van der Waals surface area contributed by atoms with Crippen molar-refractivity contribution in [2.75, 3.05) is 23.3 Å². The first-order valence-electron chi connectivity index (χ1n) is 6.61. The van der Waals surface area contributed by atoms with Gasteiger partial charge in [0.25, 0.3) is 0 Å². The molecule has 1 fully saturated rings. The van der Waals surface area contributed by atoms with E-state index in [9.17, 15) is 4.79 Å². The van der Waals surface area contributed by atoms with Gasteiger partial charge in [-0.25, -0.2) is 4.79 Å². The van der Waals surface area contributed by atoms with Gasteiger partial charge in [0.2, 0.25) is 0 Å². The maximum Gasteiger partial charge on any atom is 0.321 e. The number of urea groups is 1. The summed E-state index contributed by atoms with van der Waals surface area (Å²) in [6, 6.07) is 11.8. The third kappa shape index (κ3) is 2.71. The highest BCUT2D eigenvalue weighted by atomic mass is 16.2. The molecule has 5 nitrogen and oxygen atoms in total. The molecule has 102 valence electrons. The lowest BCUT2D eigenvalue weighted by Crippen LogP contribution is -2.27. The Labute approximate surface area is 117 Å². The highest BCUT2D eigenvalue weighted by Gasteiger charge is 2.20. The van der Waals surface area contributed by atoms with E-state index < -0.39 is 0 Å². The molecular weight excluding hydrogens is 252 g/mol. The molecule has 2 aromatic rings. The Morgan fingerprint density at radius 1 is 1.30 bits per heavy atom. The number of carbonyl (C=O) groups is 1. The number of nitrogens with one attached hydrogen (secondary N) is 2. The van der Waals surface area contributed by atoms with E-state index in [1.807, 2.05) is 42.6 Å². The quantitative estimate of drug-likeness (QED) is 0.894. The van der Waals surface area contributed by atoms with Gasteiger partial charge >= 0.3 is 6.03 Å². The zero-order valence-electron chi connectivity index (χ0n) is 11.0. The summed E-state index contributed by atoms with van der Waals surface area (Å²) in [7, 11) is 0. The van der Waals surface area contributed by atoms with Crippen LogP contribution in [-0.2, 0) is 6.54 Å². The Hall–Kier alpha value is -2.56. The van der Waals surface area contributed by atoms with Crippen LogP contribution < -0.4 is 15.5 Å². The number of rotatable bonds is 4. The van der Waals surface area contributed by atoms with E-state index >= 15 is 0 Å². The van der Waals surface area contributed by atoms with Crippen LogP contribution in [0.3, 0.4) is 0 Å². The zero-order chi connectivity index (χ0) is 13.8. The van der Waals surface area contributed by atoms with E-state index in [0.717, 1.165) is 16.9 Å². The minimum Gasteiger partial charge on any atom is -0.381 e. The normalized spacial score (nSPS) is 14.2. The second-order valence-corrected chi connectivity index (χ2v) is 4.65. The van der Waals surface area contributed by atoms with Crippen molar-refractivity contribution in [2.45, 2.75) is 6.54 Å². The van der Waals surface area contributed by atoms with Gasteiger partial charge in [-0.1, -0.05) is 12.1 Å². The number of amides is 2. The molecule has 20 heavy (non-hydrogen) atoms. The standard InChI is InChI=1S/C15H16N4O/c20-15-17-7-8-19(15)14-5-1-4-13(9-14)18-11-12-3-2-6-16-10-12/h1-6,9-10,18H,7-8,11H2,(H,17,20). The molecule has 1 aromatic carbocycles. The maximum absolute atomic E-state index is 11.7. The third-order valence-corrected chi connectivity index (χ3v) is 3.23. The number of pyridine rings is 1. The predicted molar refractivity (Wildman–Crippen MR) is 78.8 cm³/mol. The third-order valence-electron chi connectivity index (χ3n) is 3.23. The fraction of sp³-hybridized carbons (Fsp3) is 0.200. The summed E-state index contributed by atoms with van der Waals surface area (Å²) in [6.45, 7) is 2.13. The van der Waals surface area contributed by atoms with Gasteiger partial charge in [-0.05, 0) is 29.8 Å². The van der Waals surface area contributed by atoms with Crippen molar-refractivity contribution in [1.29, 1.82) is 0 Å². The SMILES string of the molecule is O=C1NCCN1c1cccc(NCc2cccnc2)c1. The Bertz CT molecular complexity index is 600. The molecule has 0 spiro atoms. The van der Waals surface area contributed by atoms with E-state index in [0.29, 0.717) is 19.6 Å². The van der Waals surface area contributed by atoms with E-state index in [4.69, 9.17) is 0 Å². The molecule has 1 saturated heterocycles. The number of hydrogen-bond acceptors (Lipinski definition) is 3. The molecule has 2 N–H and O–H groups in total. The van der Waals surface area contributed by atoms with E-state index in [1.54, 1.807) is 11.1 Å². The summed E-state index contributed by atoms with van der Waals surface area (Å²) < 4.78 is 0. The molecule has 1 aliphatic heterocycles. The van der Waals surface area contributed by atoms with Crippen LogP contribution in [0.2, 0.25) is 0 Å². The van der Waals surface area contributed by atoms with Crippen molar-refractivity contribution in [3.8, 4) is 0 Å². The van der Waals surface area contributed by atoms with Gasteiger partial charge in [0, 0.05) is 43.4 Å². The number of hydrogen-bond donors (Lipinski definition) is 2. The van der Waals surface area contributed by atoms with Crippen LogP contribution in [-0.4, -0.2) is 24.1 Å². The average molecular weight is 268 g/mol. The molecule has 0 aliphatic carbocycles. The van der Waals surface area contributed by atoms with Gasteiger partial charge in [-0.15, -0.1) is 0 Å². The maximum atomic E-state index is 11.7. The highest BCUT2D eigenvalue weighted by Crippen LogP contribution is 2.21. The van der Waals surface area contributed by atoms with Gasteiger partial charge in [-0.2, -0.15) is 0 Å². The topological polar surface area (TPSA) is 57.3 Å². The molecule has 1 aliphatic rings. The largest absolute Gasteiger partial charge is 0.381 e. The molecular formula is C15H16N4O. The lowest BCUT2D eigenvalue weighted by Gasteiger charge is -2.15. The van der Waals surface area contributed by atoms with E-state index in [1.165, 1.54) is 0 Å². The fourth-order valence-corrected chi connectivity index (χ4v) is 2.21. The second kappa shape index (κ2) is 5.61. The summed E-state index contributed by atoms with van der Waals surface area (Å²) >= 11 is 0. The number of benzene rings is 1. The van der Waals surface area contributed by atoms with Gasteiger partial charge < -0.3 is 10.6 Å². The molecule has 1 aromatic heterocycles. The molecule has 0 radical (unpaired) electrons. The van der Waals surface area contributed by atoms with E-state index in [-0.39, 0.29) is 6.03 Å². The first-order valence-corrected chi connectivity index (χ1v) is 6.61. The molecule has 3 rings (SSSR count). The van der Waals surface area contributed by atoms with Gasteiger partial charge in [0.15, 0.2) is 0 Å². The summed E-state index contributed by atoms with van der Waals surface area (Å²) in [5.41, 5.74) is 3.03. The Morgan fingerprint density at radius 3 is 3.00 bits per heavy atom. The molecule has 0 bridgehead atoms. The molecule has 2 amide bonds. The summed E-state index contributed by atoms with van der Waals surface area (Å²) in [5, 5.41) is 6.14. The fourth-order valence-electron chi connectivity index (χ4n) is 2.21. The van der Waals surface area contributed by atoms with Gasteiger partial charge in [-0.3, -0.25) is 9.88 Å². The van der Waals surface area contributed by atoms with Crippen LogP contribution in [0.5, 0.6) is 0 Å². The van der Waals surface area contributed by atoms with Crippen LogP contribution in [0.1, 0.15) is 5.56 Å². The number of aromatic nitrogens is 1. The number of carbonyl (C=O) groups excluding carboxylic acids is 1. The van der Waals surface area contributed by atoms with Gasteiger partial charge in [0.1, 0.15) is 0 Å². The molecule has 2 heterocycles. The second-order valence-electron chi connectivity index (χ2n) is 4.65. The number of anilines is 2. The lowest BCUT2D eigenvalue weighted by molar-refractivity contribution is 0.252. The highest BCUT2D eigenvalue weighted by molar-refractivity contribution is 5.94. The Morgan fingerprint density at radius 2 is 2.25 bits per heavy atom. The van der Waals surface area contributed by atoms with Crippen LogP contribution in [0.15, 0.2) is 48.8 Å². The van der Waals surface area contributed by atoms with Crippen molar-refractivity contribution in [1.82, 2.24) is 10.3 Å². The minimum absolute atomic E-state index is 0.0330. The Kier molecular flexibility index (Phi) is 3.50. The van der Waals surface area contributed by atoms with E-state index in [2.05, 4.69) is 15.6 Å². The molecule has 0 saturated carbocycles. The van der Waals surface area contributed by atoms with Crippen molar-refractivity contribution in [3.63, 3.8) is 0 Å². The first-order chi connectivity index (χ1) is 9.83. The van der Waals surface area contributed by atoms with Crippen LogP contribution >= 0.6 is 0 Å². The van der Waals surface area contributed by atoms with Crippen molar-refractivity contribution in [2.24, 2.45) is 0 Å². The predicted octanol–water partition coefficient (Wildman–Crippen LogP) is 2.22. The lowest BCUT2D eigenvalue weighted by atomic mass is 10.2. The van der Waals surface area contributed by atoms with Crippen molar-refractivity contribution < 1.29 is 4.79 Å². The smallest absolute Gasteiger partial charge is 0.321 e. The monoisotopic (exact) mass is 268 g/mol.